The average Bonchev–Trinajstić information content (AvgIpc) is 2.03. The van der Waals surface area contributed by atoms with E-state index in [2.05, 4.69) is 0 Å². The van der Waals surface area contributed by atoms with E-state index in [4.69, 9.17) is 14.2 Å². The molecule has 1 aliphatic heterocycles. The van der Waals surface area contributed by atoms with Crippen molar-refractivity contribution >= 4 is 0 Å². The molecule has 12 heavy (non-hydrogen) atoms. The lowest BCUT2D eigenvalue weighted by Crippen LogP contribution is -2.48. The van der Waals surface area contributed by atoms with E-state index in [1.807, 2.05) is 6.92 Å². The zero-order valence-electron chi connectivity index (χ0n) is 7.69. The molecule has 0 amide bonds. The fourth-order valence-electron chi connectivity index (χ4n) is 1.59. The molecule has 0 aromatic heterocycles. The molecule has 0 bridgehead atoms. The second kappa shape index (κ2) is 4.18. The summed E-state index contributed by atoms with van der Waals surface area (Å²) in [6.07, 6.45) is -0.536. The second-order valence-corrected chi connectivity index (χ2v) is 3.01. The molecule has 1 fully saturated rings. The minimum atomic E-state index is -0.726. The van der Waals surface area contributed by atoms with Crippen molar-refractivity contribution in [2.24, 2.45) is 0 Å². The molecule has 0 aromatic carbocycles. The first kappa shape index (κ1) is 9.92. The van der Waals surface area contributed by atoms with Crippen LogP contribution in [0.3, 0.4) is 0 Å². The Labute approximate surface area is 72.4 Å². The first-order valence-corrected chi connectivity index (χ1v) is 4.08. The molecule has 0 spiro atoms. The monoisotopic (exact) mass is 176 g/mol. The van der Waals surface area contributed by atoms with Crippen LogP contribution in [0.4, 0.5) is 0 Å². The van der Waals surface area contributed by atoms with Gasteiger partial charge in [0.2, 0.25) is 0 Å². The van der Waals surface area contributed by atoms with Gasteiger partial charge in [0.15, 0.2) is 6.29 Å². The third-order valence-corrected chi connectivity index (χ3v) is 2.21. The zero-order chi connectivity index (χ0) is 9.14. The van der Waals surface area contributed by atoms with E-state index in [0.29, 0.717) is 6.42 Å². The SMILES string of the molecule is CO[C@H]1[C@H](C)O[C@@H](O)C[C@H]1OC. The van der Waals surface area contributed by atoms with Crippen LogP contribution in [0.2, 0.25) is 0 Å². The lowest BCUT2D eigenvalue weighted by atomic mass is 10.0. The summed E-state index contributed by atoms with van der Waals surface area (Å²) in [5.74, 6) is 0. The number of methoxy groups -OCH3 is 2. The molecular weight excluding hydrogens is 160 g/mol. The molecule has 4 atom stereocenters. The first-order chi connectivity index (χ1) is 5.69. The topological polar surface area (TPSA) is 47.9 Å². The van der Waals surface area contributed by atoms with Crippen LogP contribution in [0.15, 0.2) is 0 Å². The van der Waals surface area contributed by atoms with Crippen molar-refractivity contribution in [1.82, 2.24) is 0 Å². The number of aliphatic hydroxyl groups is 1. The molecule has 4 heteroatoms. The number of aliphatic hydroxyl groups excluding tert-OH is 1. The largest absolute Gasteiger partial charge is 0.378 e. The molecule has 1 heterocycles. The maximum atomic E-state index is 9.24. The van der Waals surface area contributed by atoms with Gasteiger partial charge in [-0.25, -0.2) is 0 Å². The summed E-state index contributed by atoms with van der Waals surface area (Å²) < 4.78 is 15.5. The molecule has 0 unspecified atom stereocenters. The highest BCUT2D eigenvalue weighted by Crippen LogP contribution is 2.22. The number of hydrogen-bond acceptors (Lipinski definition) is 4. The van der Waals surface area contributed by atoms with Gasteiger partial charge in [0, 0.05) is 20.6 Å². The molecule has 4 nitrogen and oxygen atoms in total. The van der Waals surface area contributed by atoms with Crippen LogP contribution in [0, 0.1) is 0 Å². The van der Waals surface area contributed by atoms with E-state index >= 15 is 0 Å². The molecule has 1 saturated heterocycles. The Morgan fingerprint density at radius 3 is 2.50 bits per heavy atom. The van der Waals surface area contributed by atoms with Crippen LogP contribution in [0.25, 0.3) is 0 Å². The summed E-state index contributed by atoms with van der Waals surface area (Å²) >= 11 is 0. The van der Waals surface area contributed by atoms with Gasteiger partial charge in [-0.15, -0.1) is 0 Å². The van der Waals surface area contributed by atoms with E-state index < -0.39 is 6.29 Å². The van der Waals surface area contributed by atoms with Crippen LogP contribution in [-0.2, 0) is 14.2 Å². The quantitative estimate of drug-likeness (QED) is 0.650. The maximum Gasteiger partial charge on any atom is 0.157 e. The fraction of sp³-hybridized carbons (Fsp3) is 1.00. The first-order valence-electron chi connectivity index (χ1n) is 4.08. The van der Waals surface area contributed by atoms with Crippen LogP contribution in [-0.4, -0.2) is 43.9 Å². The Bertz CT molecular complexity index is 139. The standard InChI is InChI=1S/C8H16O4/c1-5-8(11-3)6(10-2)4-7(9)12-5/h5-9H,4H2,1-3H3/t5-,6+,7+,8-/m0/s1. The summed E-state index contributed by atoms with van der Waals surface area (Å²) in [5, 5.41) is 9.24. The fourth-order valence-corrected chi connectivity index (χ4v) is 1.59. The Kier molecular flexibility index (Phi) is 3.46. The Morgan fingerprint density at radius 1 is 1.33 bits per heavy atom. The van der Waals surface area contributed by atoms with Gasteiger partial charge in [0.05, 0.1) is 12.2 Å². The van der Waals surface area contributed by atoms with Gasteiger partial charge in [-0.3, -0.25) is 0 Å². The molecule has 0 radical (unpaired) electrons. The predicted molar refractivity (Wildman–Crippen MR) is 42.8 cm³/mol. The molecular formula is C8H16O4. The summed E-state index contributed by atoms with van der Waals surface area (Å²) in [6.45, 7) is 1.86. The van der Waals surface area contributed by atoms with Crippen LogP contribution in [0.1, 0.15) is 13.3 Å². The van der Waals surface area contributed by atoms with Crippen LogP contribution in [0.5, 0.6) is 0 Å². The summed E-state index contributed by atoms with van der Waals surface area (Å²) in [5.41, 5.74) is 0. The van der Waals surface area contributed by atoms with E-state index in [0.717, 1.165) is 0 Å². The molecule has 72 valence electrons. The lowest BCUT2D eigenvalue weighted by molar-refractivity contribution is -0.237. The number of hydrogen-bond donors (Lipinski definition) is 1. The van der Waals surface area contributed by atoms with E-state index in [1.54, 1.807) is 14.2 Å². The molecule has 0 saturated carbocycles. The van der Waals surface area contributed by atoms with Gasteiger partial charge in [-0.05, 0) is 6.92 Å². The average molecular weight is 176 g/mol. The van der Waals surface area contributed by atoms with Crippen LogP contribution < -0.4 is 0 Å². The highest BCUT2D eigenvalue weighted by molar-refractivity contribution is 4.81. The van der Waals surface area contributed by atoms with Gasteiger partial charge in [0.25, 0.3) is 0 Å². The van der Waals surface area contributed by atoms with Crippen molar-refractivity contribution in [3.05, 3.63) is 0 Å². The normalized spacial score (nSPS) is 43.0. The lowest BCUT2D eigenvalue weighted by Gasteiger charge is -2.36. The summed E-state index contributed by atoms with van der Waals surface area (Å²) in [7, 11) is 3.23. The van der Waals surface area contributed by atoms with Crippen molar-refractivity contribution in [2.75, 3.05) is 14.2 Å². The molecule has 1 rings (SSSR count). The Morgan fingerprint density at radius 2 is 2.00 bits per heavy atom. The van der Waals surface area contributed by atoms with Gasteiger partial charge in [-0.1, -0.05) is 0 Å². The molecule has 1 aliphatic rings. The maximum absolute atomic E-state index is 9.24. The van der Waals surface area contributed by atoms with Crippen molar-refractivity contribution in [2.45, 2.75) is 37.9 Å². The van der Waals surface area contributed by atoms with Crippen molar-refractivity contribution in [3.63, 3.8) is 0 Å². The van der Waals surface area contributed by atoms with Gasteiger partial charge in [0.1, 0.15) is 6.10 Å². The van der Waals surface area contributed by atoms with Gasteiger partial charge in [-0.2, -0.15) is 0 Å². The smallest absolute Gasteiger partial charge is 0.157 e. The molecule has 0 aromatic rings. The minimum Gasteiger partial charge on any atom is -0.378 e. The third kappa shape index (κ3) is 1.95. The van der Waals surface area contributed by atoms with Crippen molar-refractivity contribution in [3.8, 4) is 0 Å². The molecule has 1 N–H and O–H groups in total. The van der Waals surface area contributed by atoms with Gasteiger partial charge >= 0.3 is 0 Å². The Balaban J connectivity index is 2.56. The van der Waals surface area contributed by atoms with E-state index in [9.17, 15) is 5.11 Å². The van der Waals surface area contributed by atoms with Gasteiger partial charge < -0.3 is 19.3 Å². The van der Waals surface area contributed by atoms with Crippen LogP contribution >= 0.6 is 0 Å². The van der Waals surface area contributed by atoms with E-state index in [-0.39, 0.29) is 18.3 Å². The predicted octanol–water partition coefficient (Wildman–Crippen LogP) is 0.144. The zero-order valence-corrected chi connectivity index (χ0v) is 7.69. The highest BCUT2D eigenvalue weighted by Gasteiger charge is 2.35. The Hall–Kier alpha value is -0.160. The number of rotatable bonds is 2. The highest BCUT2D eigenvalue weighted by atomic mass is 16.6. The minimum absolute atomic E-state index is 0.0752. The van der Waals surface area contributed by atoms with Crippen molar-refractivity contribution < 1.29 is 19.3 Å². The van der Waals surface area contributed by atoms with E-state index in [1.165, 1.54) is 0 Å². The second-order valence-electron chi connectivity index (χ2n) is 3.01. The molecule has 0 aliphatic carbocycles. The number of ether oxygens (including phenoxy) is 3. The third-order valence-electron chi connectivity index (χ3n) is 2.21. The summed E-state index contributed by atoms with van der Waals surface area (Å²) in [6, 6.07) is 0. The van der Waals surface area contributed by atoms with Crippen molar-refractivity contribution in [1.29, 1.82) is 0 Å². The summed E-state index contributed by atoms with van der Waals surface area (Å²) in [4.78, 5) is 0.